The van der Waals surface area contributed by atoms with Crippen LogP contribution < -0.4 is 9.62 Å². The first-order valence-corrected chi connectivity index (χ1v) is 12.2. The number of anilines is 2. The van der Waals surface area contributed by atoms with Gasteiger partial charge in [-0.25, -0.2) is 18.2 Å². The lowest BCUT2D eigenvalue weighted by atomic mass is 10.2. The Morgan fingerprint density at radius 3 is 2.66 bits per heavy atom. The monoisotopic (exact) mass is 494 g/mol. The normalized spacial score (nSPS) is 14.8. The molecule has 3 heterocycles. The molecule has 0 unspecified atom stereocenters. The number of hydrogen-bond donors (Lipinski definition) is 1. The van der Waals surface area contributed by atoms with Gasteiger partial charge in [-0.3, -0.25) is 4.72 Å². The van der Waals surface area contributed by atoms with Gasteiger partial charge >= 0.3 is 5.97 Å². The second-order valence-electron chi connectivity index (χ2n) is 6.77. The van der Waals surface area contributed by atoms with Crippen molar-refractivity contribution in [2.45, 2.75) is 4.90 Å². The van der Waals surface area contributed by atoms with Crippen molar-refractivity contribution < 1.29 is 22.7 Å². The number of carbonyl (C=O) groups is 1. The number of morpholine rings is 1. The minimum atomic E-state index is -3.83. The number of halogens is 1. The van der Waals surface area contributed by atoms with E-state index in [1.165, 1.54) is 42.7 Å². The molecule has 3 aromatic rings. The van der Waals surface area contributed by atoms with E-state index in [2.05, 4.69) is 24.3 Å². The Morgan fingerprint density at radius 2 is 1.97 bits per heavy atom. The topological polar surface area (TPSA) is 111 Å². The number of aromatic nitrogens is 2. The van der Waals surface area contributed by atoms with Gasteiger partial charge in [0, 0.05) is 25.2 Å². The molecule has 0 radical (unpaired) electrons. The number of fused-ring (bicyclic) bond motifs is 1. The van der Waals surface area contributed by atoms with Gasteiger partial charge in [-0.2, -0.15) is 4.98 Å². The van der Waals surface area contributed by atoms with Crippen molar-refractivity contribution in [3.63, 3.8) is 0 Å². The Morgan fingerprint density at radius 1 is 1.25 bits per heavy atom. The highest BCUT2D eigenvalue weighted by Gasteiger charge is 2.21. The molecule has 1 aromatic carbocycles. The fourth-order valence-electron chi connectivity index (χ4n) is 3.11. The number of ether oxygens (including phenoxy) is 2. The summed E-state index contributed by atoms with van der Waals surface area (Å²) in [5.74, 6) is 0.174. The summed E-state index contributed by atoms with van der Waals surface area (Å²) in [5, 5.41) is 0.502. The quantitative estimate of drug-likeness (QED) is 0.316. The molecule has 32 heavy (non-hydrogen) atoms. The minimum Gasteiger partial charge on any atom is -0.466 e. The van der Waals surface area contributed by atoms with Gasteiger partial charge in [-0.1, -0.05) is 12.1 Å². The van der Waals surface area contributed by atoms with E-state index in [1.54, 1.807) is 18.2 Å². The summed E-state index contributed by atoms with van der Waals surface area (Å²) in [5.41, 5.74) is 1.23. The highest BCUT2D eigenvalue weighted by atomic mass is 35.5. The van der Waals surface area contributed by atoms with Gasteiger partial charge in [-0.15, -0.1) is 11.3 Å². The van der Waals surface area contributed by atoms with Crippen LogP contribution in [0.25, 0.3) is 16.3 Å². The largest absolute Gasteiger partial charge is 0.466 e. The third-order valence-corrected chi connectivity index (χ3v) is 7.39. The second kappa shape index (κ2) is 9.41. The second-order valence-corrected chi connectivity index (χ2v) is 9.84. The van der Waals surface area contributed by atoms with Gasteiger partial charge in [0.15, 0.2) is 5.82 Å². The fraction of sp³-hybridized carbons (Fsp3) is 0.250. The number of carbonyl (C=O) groups excluding carboxylic acids is 1. The van der Waals surface area contributed by atoms with Gasteiger partial charge in [0.25, 0.3) is 10.0 Å². The lowest BCUT2D eigenvalue weighted by molar-refractivity contribution is -0.134. The number of methoxy groups -OCH3 is 1. The lowest BCUT2D eigenvalue weighted by Gasteiger charge is -2.28. The summed E-state index contributed by atoms with van der Waals surface area (Å²) in [4.78, 5) is 21.9. The molecule has 12 heteroatoms. The molecule has 1 saturated heterocycles. The zero-order chi connectivity index (χ0) is 22.7. The maximum atomic E-state index is 12.9. The molecule has 1 aliphatic rings. The molecule has 0 amide bonds. The van der Waals surface area contributed by atoms with Gasteiger partial charge in [0.2, 0.25) is 5.28 Å². The van der Waals surface area contributed by atoms with Crippen molar-refractivity contribution in [3.05, 3.63) is 47.3 Å². The summed E-state index contributed by atoms with van der Waals surface area (Å²) in [6.45, 7) is 2.49. The zero-order valence-electron chi connectivity index (χ0n) is 16.9. The molecule has 1 N–H and O–H groups in total. The van der Waals surface area contributed by atoms with Gasteiger partial charge < -0.3 is 14.4 Å². The Kier molecular flexibility index (Phi) is 6.60. The number of benzene rings is 1. The Bertz CT molecular complexity index is 1270. The van der Waals surface area contributed by atoms with Crippen molar-refractivity contribution in [3.8, 4) is 0 Å². The number of rotatable bonds is 6. The molecule has 0 atom stereocenters. The van der Waals surface area contributed by atoms with Crippen molar-refractivity contribution in [1.29, 1.82) is 0 Å². The smallest absolute Gasteiger partial charge is 0.330 e. The maximum absolute atomic E-state index is 12.9. The summed E-state index contributed by atoms with van der Waals surface area (Å²) in [7, 11) is -2.55. The summed E-state index contributed by atoms with van der Waals surface area (Å²) in [6.07, 6.45) is 2.80. The van der Waals surface area contributed by atoms with Crippen LogP contribution in [0.2, 0.25) is 5.28 Å². The van der Waals surface area contributed by atoms with Crippen LogP contribution in [0, 0.1) is 0 Å². The summed E-state index contributed by atoms with van der Waals surface area (Å²) < 4.78 is 39.0. The molecular formula is C20H19ClN4O5S2. The predicted octanol–water partition coefficient (Wildman–Crippen LogP) is 3.17. The Hall–Kier alpha value is -2.73. The van der Waals surface area contributed by atoms with E-state index >= 15 is 0 Å². The molecule has 9 nitrogen and oxygen atoms in total. The van der Waals surface area contributed by atoms with E-state index in [0.717, 1.165) is 4.70 Å². The van der Waals surface area contributed by atoms with Crippen molar-refractivity contribution in [2.24, 2.45) is 0 Å². The van der Waals surface area contributed by atoms with Crippen LogP contribution in [0.3, 0.4) is 0 Å². The van der Waals surface area contributed by atoms with E-state index in [1.807, 2.05) is 0 Å². The van der Waals surface area contributed by atoms with Crippen LogP contribution in [-0.2, 0) is 24.3 Å². The van der Waals surface area contributed by atoms with E-state index in [-0.39, 0.29) is 10.2 Å². The molecule has 0 aliphatic carbocycles. The van der Waals surface area contributed by atoms with Gasteiger partial charge in [-0.05, 0) is 35.4 Å². The Balaban J connectivity index is 1.58. The minimum absolute atomic E-state index is 0.0858. The first kappa shape index (κ1) is 22.5. The molecule has 1 fully saturated rings. The third-order valence-electron chi connectivity index (χ3n) is 4.68. The number of nitrogens with one attached hydrogen (secondary N) is 1. The van der Waals surface area contributed by atoms with Crippen LogP contribution in [0.4, 0.5) is 10.8 Å². The third kappa shape index (κ3) is 5.01. The molecule has 0 saturated carbocycles. The average Bonchev–Trinajstić information content (AvgIpc) is 3.19. The first-order valence-electron chi connectivity index (χ1n) is 9.54. The molecule has 4 rings (SSSR count). The van der Waals surface area contributed by atoms with Crippen molar-refractivity contribution in [1.82, 2.24) is 9.97 Å². The highest BCUT2D eigenvalue weighted by Crippen LogP contribution is 2.36. The molecule has 2 aromatic heterocycles. The summed E-state index contributed by atoms with van der Waals surface area (Å²) in [6, 6.07) is 7.76. The summed E-state index contributed by atoms with van der Waals surface area (Å²) >= 11 is 7.35. The molecule has 1 aliphatic heterocycles. The predicted molar refractivity (Wildman–Crippen MR) is 124 cm³/mol. The lowest BCUT2D eigenvalue weighted by Crippen LogP contribution is -2.36. The van der Waals surface area contributed by atoms with Gasteiger partial charge in [0.1, 0.15) is 5.00 Å². The number of thiophene rings is 1. The van der Waals surface area contributed by atoms with Crippen molar-refractivity contribution in [2.75, 3.05) is 43.0 Å². The molecule has 0 spiro atoms. The number of esters is 1. The molecule has 168 valence electrons. The zero-order valence-corrected chi connectivity index (χ0v) is 19.3. The fourth-order valence-corrected chi connectivity index (χ4v) is 5.58. The van der Waals surface area contributed by atoms with Crippen molar-refractivity contribution >= 4 is 66.0 Å². The number of sulfonamides is 1. The number of nitrogens with zero attached hydrogens (tertiary/aromatic N) is 3. The maximum Gasteiger partial charge on any atom is 0.330 e. The first-order chi connectivity index (χ1) is 15.4. The van der Waals surface area contributed by atoms with Crippen LogP contribution in [0.15, 0.2) is 41.3 Å². The van der Waals surface area contributed by atoms with Crippen LogP contribution in [0.1, 0.15) is 5.56 Å². The Labute approximate surface area is 193 Å². The number of hydrogen-bond acceptors (Lipinski definition) is 9. The standard InChI is InChI=1S/C20H19ClN4O5S2/c1-29-17(26)7-4-13-2-5-14(6-3-13)32(27,28)24-16-12-15-18(31-16)19(23-20(21)22-15)25-8-10-30-11-9-25/h2-7,12,24H,8-11H2,1H3. The molecular weight excluding hydrogens is 476 g/mol. The van der Waals surface area contributed by atoms with Crippen LogP contribution in [-0.4, -0.2) is 57.8 Å². The van der Waals surface area contributed by atoms with E-state index in [0.29, 0.717) is 48.2 Å². The van der Waals surface area contributed by atoms with Gasteiger partial charge in [0.05, 0.1) is 35.4 Å². The average molecular weight is 495 g/mol. The van der Waals surface area contributed by atoms with E-state index in [9.17, 15) is 13.2 Å². The van der Waals surface area contributed by atoms with Crippen LogP contribution >= 0.6 is 22.9 Å². The SMILES string of the molecule is COC(=O)C=Cc1ccc(S(=O)(=O)Nc2cc3nc(Cl)nc(N4CCOCC4)c3s2)cc1. The van der Waals surface area contributed by atoms with E-state index in [4.69, 9.17) is 16.3 Å². The van der Waals surface area contributed by atoms with E-state index < -0.39 is 16.0 Å². The highest BCUT2D eigenvalue weighted by molar-refractivity contribution is 7.93. The molecule has 0 bridgehead atoms. The van der Waals surface area contributed by atoms with Crippen LogP contribution in [0.5, 0.6) is 0 Å².